The van der Waals surface area contributed by atoms with Gasteiger partial charge in [-0.25, -0.2) is 14.1 Å². The fourth-order valence-electron chi connectivity index (χ4n) is 8.24. The van der Waals surface area contributed by atoms with Gasteiger partial charge in [-0.15, -0.1) is 0 Å². The minimum Gasteiger partial charge on any atom is -0.475 e. The van der Waals surface area contributed by atoms with Crippen LogP contribution >= 0.6 is 0 Å². The van der Waals surface area contributed by atoms with Crippen molar-refractivity contribution in [1.29, 1.82) is 0 Å². The van der Waals surface area contributed by atoms with Crippen LogP contribution in [0.5, 0.6) is 0 Å². The number of quaternary nitrogens is 1. The third-order valence-electron chi connectivity index (χ3n) is 10.7. The van der Waals surface area contributed by atoms with E-state index in [2.05, 4.69) is 34.2 Å². The summed E-state index contributed by atoms with van der Waals surface area (Å²) >= 11 is 0. The van der Waals surface area contributed by atoms with Gasteiger partial charge in [0.15, 0.2) is 0 Å². The van der Waals surface area contributed by atoms with Crippen LogP contribution in [0.2, 0.25) is 0 Å². The van der Waals surface area contributed by atoms with Crippen molar-refractivity contribution in [3.8, 4) is 0 Å². The van der Waals surface area contributed by atoms with E-state index in [0.29, 0.717) is 28.7 Å². The highest BCUT2D eigenvalue weighted by atomic mass is 19.4. The summed E-state index contributed by atoms with van der Waals surface area (Å²) in [5, 5.41) is 10.5. The molecule has 0 radical (unpaired) electrons. The van der Waals surface area contributed by atoms with E-state index >= 15 is 0 Å². The average Bonchev–Trinajstić information content (AvgIpc) is 3.33. The number of piperidine rings is 2. The first-order valence-corrected chi connectivity index (χ1v) is 16.1. The number of carboxylic acids is 1. The van der Waals surface area contributed by atoms with E-state index in [1.165, 1.54) is 5.70 Å². The Balaban J connectivity index is 0.000000493. The molecule has 1 atom stereocenters. The first-order chi connectivity index (χ1) is 21.0. The van der Waals surface area contributed by atoms with Gasteiger partial charge in [0.25, 0.3) is 0 Å². The second-order valence-electron chi connectivity index (χ2n) is 13.1. The Bertz CT molecular complexity index is 1050. The summed E-state index contributed by atoms with van der Waals surface area (Å²) in [6, 6.07) is 2.15. The predicted octanol–water partition coefficient (Wildman–Crippen LogP) is 4.02. The van der Waals surface area contributed by atoms with Gasteiger partial charge in [-0.3, -0.25) is 15.1 Å². The number of aliphatic carboxylic acids is 1. The predicted molar refractivity (Wildman–Crippen MR) is 156 cm³/mol. The van der Waals surface area contributed by atoms with Crippen molar-refractivity contribution in [1.82, 2.24) is 15.1 Å². The molecule has 4 saturated heterocycles. The topological polar surface area (TPSA) is 101 Å². The molecule has 44 heavy (non-hydrogen) atoms. The Kier molecular flexibility index (Phi) is 10.4. The standard InChI is InChI=1S/C29H46N4O4.C2HF3O2/c1-29(35-2)12-3-26-27(21-29)33(28(34)30-26,24-4-13-31(14-5-24)22-8-17-36-18-9-22)25-6-15-32(16-7-25)23-10-19-37-20-11-23;3-2(4,5)1(6)7/h3,12,22-25H,4-11,13-21H2,1-2H3;(H,6,7)/p+1. The van der Waals surface area contributed by atoms with Crippen molar-refractivity contribution in [3.63, 3.8) is 0 Å². The maximum atomic E-state index is 14.2. The van der Waals surface area contributed by atoms with Gasteiger partial charge in [0.05, 0.1) is 12.0 Å². The van der Waals surface area contributed by atoms with E-state index in [9.17, 15) is 18.0 Å². The van der Waals surface area contributed by atoms with Crippen LogP contribution in [0.25, 0.3) is 0 Å². The molecular weight excluding hydrogens is 581 g/mol. The van der Waals surface area contributed by atoms with Crippen LogP contribution in [0, 0.1) is 0 Å². The number of nitrogens with one attached hydrogen (secondary N) is 1. The minimum atomic E-state index is -5.08. The monoisotopic (exact) mass is 629 g/mol. The molecule has 5 aliphatic heterocycles. The Morgan fingerprint density at radius 2 is 1.36 bits per heavy atom. The summed E-state index contributed by atoms with van der Waals surface area (Å²) in [7, 11) is 1.80. The summed E-state index contributed by atoms with van der Waals surface area (Å²) < 4.78 is 49.5. The van der Waals surface area contributed by atoms with Crippen molar-refractivity contribution in [2.45, 2.75) is 101 Å². The lowest BCUT2D eigenvalue weighted by atomic mass is 9.86. The number of carboxylic acid groups (broad SMARTS) is 1. The summed E-state index contributed by atoms with van der Waals surface area (Å²) in [5.41, 5.74) is 1.96. The molecule has 6 aliphatic rings. The molecule has 248 valence electrons. The molecule has 0 spiro atoms. The van der Waals surface area contributed by atoms with Gasteiger partial charge in [0.1, 0.15) is 23.5 Å². The number of hydrogen-bond donors (Lipinski definition) is 2. The number of carbonyl (C=O) groups is 2. The second kappa shape index (κ2) is 13.8. The fraction of sp³-hybridized carbons (Fsp3) is 0.806. The normalized spacial score (nSPS) is 30.1. The Hall–Kier alpha value is -2.03. The van der Waals surface area contributed by atoms with Crippen LogP contribution in [0.4, 0.5) is 18.0 Å². The smallest absolute Gasteiger partial charge is 0.475 e. The Morgan fingerprint density at radius 3 is 1.75 bits per heavy atom. The highest BCUT2D eigenvalue weighted by Crippen LogP contribution is 2.47. The molecule has 2 N–H and O–H groups in total. The molecule has 10 nitrogen and oxygen atoms in total. The highest BCUT2D eigenvalue weighted by molar-refractivity contribution is 5.76. The van der Waals surface area contributed by atoms with E-state index in [0.717, 1.165) is 116 Å². The van der Waals surface area contributed by atoms with E-state index in [1.54, 1.807) is 7.11 Å². The number of ether oxygens (including phenoxy) is 3. The van der Waals surface area contributed by atoms with Gasteiger partial charge in [-0.1, -0.05) is 6.08 Å². The van der Waals surface area contributed by atoms with Crippen LogP contribution in [-0.2, 0) is 19.0 Å². The number of nitrogens with zero attached hydrogens (tertiary/aromatic N) is 3. The van der Waals surface area contributed by atoms with Crippen molar-refractivity contribution < 1.29 is 46.6 Å². The number of methoxy groups -OCH3 is 1. The van der Waals surface area contributed by atoms with Crippen molar-refractivity contribution in [2.75, 3.05) is 59.7 Å². The Morgan fingerprint density at radius 1 is 0.932 bits per heavy atom. The molecule has 4 fully saturated rings. The first-order valence-electron chi connectivity index (χ1n) is 16.1. The largest absolute Gasteiger partial charge is 0.490 e. The summed E-state index contributed by atoms with van der Waals surface area (Å²) in [6.07, 6.45) is 8.83. The SMILES string of the molecule is COC1(C)C=CC2=C(C1)[N+](C1CCN(C3CCOCC3)CC1)(C1CCN(C3CCOCC3)CC1)C(=O)N2.O=C(O)C(F)(F)F. The van der Waals surface area contributed by atoms with E-state index in [-0.39, 0.29) is 11.6 Å². The Labute approximate surface area is 257 Å². The van der Waals surface area contributed by atoms with Crippen molar-refractivity contribution >= 4 is 12.0 Å². The molecule has 0 aromatic heterocycles. The van der Waals surface area contributed by atoms with Crippen LogP contribution in [0.3, 0.4) is 0 Å². The van der Waals surface area contributed by atoms with Gasteiger partial charge in [0, 0.05) is 97.5 Å². The van der Waals surface area contributed by atoms with Crippen LogP contribution in [-0.4, -0.2) is 127 Å². The summed E-state index contributed by atoms with van der Waals surface area (Å²) in [6.45, 7) is 10.0. The zero-order valence-corrected chi connectivity index (χ0v) is 25.9. The van der Waals surface area contributed by atoms with Gasteiger partial charge >= 0.3 is 18.2 Å². The molecule has 1 aliphatic carbocycles. The van der Waals surface area contributed by atoms with Crippen molar-refractivity contribution in [2.24, 2.45) is 0 Å². The van der Waals surface area contributed by atoms with Gasteiger partial charge in [-0.05, 0) is 38.7 Å². The first kappa shape index (κ1) is 33.3. The van der Waals surface area contributed by atoms with Crippen LogP contribution < -0.4 is 5.32 Å². The second-order valence-corrected chi connectivity index (χ2v) is 13.1. The zero-order chi connectivity index (χ0) is 31.5. The highest BCUT2D eigenvalue weighted by Gasteiger charge is 2.60. The molecule has 0 aromatic carbocycles. The molecule has 1 unspecified atom stereocenters. The molecule has 0 saturated carbocycles. The number of likely N-dealkylation sites (tertiary alicyclic amines) is 2. The molecule has 6 rings (SSSR count). The molecule has 0 aromatic rings. The lowest BCUT2D eigenvalue weighted by Crippen LogP contribution is -2.68. The molecular formula is C31H48F3N4O6+. The van der Waals surface area contributed by atoms with Gasteiger partial charge in [0.2, 0.25) is 0 Å². The average molecular weight is 630 g/mol. The maximum absolute atomic E-state index is 14.2. The molecule has 0 bridgehead atoms. The lowest BCUT2D eigenvalue weighted by Gasteiger charge is -2.52. The molecule has 2 amide bonds. The van der Waals surface area contributed by atoms with Gasteiger partial charge in [-0.2, -0.15) is 13.2 Å². The number of urea groups is 1. The van der Waals surface area contributed by atoms with Gasteiger partial charge < -0.3 is 19.3 Å². The molecule has 13 heteroatoms. The van der Waals surface area contributed by atoms with E-state index < -0.39 is 12.1 Å². The third-order valence-corrected chi connectivity index (χ3v) is 10.7. The minimum absolute atomic E-state index is 0.212. The van der Waals surface area contributed by atoms with E-state index in [1.807, 2.05) is 0 Å². The number of amides is 2. The van der Waals surface area contributed by atoms with E-state index in [4.69, 9.17) is 24.1 Å². The fourth-order valence-corrected chi connectivity index (χ4v) is 8.24. The van der Waals surface area contributed by atoms with Crippen molar-refractivity contribution in [3.05, 3.63) is 23.5 Å². The number of alkyl halides is 3. The van der Waals surface area contributed by atoms with Crippen LogP contribution in [0.1, 0.15) is 64.7 Å². The number of halogens is 3. The number of hydrogen-bond acceptors (Lipinski definition) is 7. The number of carbonyl (C=O) groups excluding carboxylic acids is 1. The lowest BCUT2D eigenvalue weighted by molar-refractivity contribution is -0.866. The summed E-state index contributed by atoms with van der Waals surface area (Å²) in [4.78, 5) is 28.5. The number of rotatable bonds is 5. The number of allylic oxidation sites excluding steroid dienone is 1. The third kappa shape index (κ3) is 6.87. The zero-order valence-electron chi connectivity index (χ0n) is 25.9. The quantitative estimate of drug-likeness (QED) is 0.440. The summed E-state index contributed by atoms with van der Waals surface area (Å²) in [5.74, 6) is -2.76. The maximum Gasteiger partial charge on any atom is 0.490 e. The van der Waals surface area contributed by atoms with Crippen LogP contribution in [0.15, 0.2) is 23.5 Å². The molecule has 5 heterocycles.